The minimum absolute atomic E-state index is 0.165. The Labute approximate surface area is 169 Å². The van der Waals surface area contributed by atoms with Crippen molar-refractivity contribution in [1.82, 2.24) is 20.1 Å². The fourth-order valence-electron chi connectivity index (χ4n) is 3.33. The smallest absolute Gasteiger partial charge is 0.272 e. The number of carbonyl (C=O) groups is 1. The molecule has 29 heavy (non-hydrogen) atoms. The molecule has 0 unspecified atom stereocenters. The number of rotatable bonds is 6. The molecule has 0 saturated carbocycles. The minimum Gasteiger partial charge on any atom is -0.478 e. The highest BCUT2D eigenvalue weighted by molar-refractivity contribution is 5.93. The lowest BCUT2D eigenvalue weighted by atomic mass is 10.1. The van der Waals surface area contributed by atoms with Crippen molar-refractivity contribution >= 4 is 16.8 Å². The fourth-order valence-corrected chi connectivity index (χ4v) is 3.33. The molecule has 146 valence electrons. The number of H-pyrrole nitrogens is 1. The predicted octanol–water partition coefficient (Wildman–Crippen LogP) is 4.30. The van der Waals surface area contributed by atoms with E-state index in [1.165, 1.54) is 0 Å². The van der Waals surface area contributed by atoms with Gasteiger partial charge in [-0.1, -0.05) is 48.5 Å². The molecule has 0 aliphatic carbocycles. The van der Waals surface area contributed by atoms with Crippen LogP contribution >= 0.6 is 0 Å². The van der Waals surface area contributed by atoms with E-state index < -0.39 is 0 Å². The van der Waals surface area contributed by atoms with Crippen molar-refractivity contribution in [3.8, 4) is 17.0 Å². The van der Waals surface area contributed by atoms with Crippen LogP contribution in [0.4, 0.5) is 0 Å². The second kappa shape index (κ2) is 8.14. The Hall–Kier alpha value is -3.67. The number of amides is 1. The maximum absolute atomic E-state index is 13.0. The maximum Gasteiger partial charge on any atom is 0.272 e. The molecule has 6 nitrogen and oxygen atoms in total. The van der Waals surface area contributed by atoms with Crippen molar-refractivity contribution in [3.63, 3.8) is 0 Å². The van der Waals surface area contributed by atoms with Gasteiger partial charge < -0.3 is 9.64 Å². The molecular formula is C23H22N4O2. The van der Waals surface area contributed by atoms with E-state index in [1.807, 2.05) is 61.5 Å². The Morgan fingerprint density at radius 2 is 1.90 bits per heavy atom. The first-order valence-corrected chi connectivity index (χ1v) is 9.53. The summed E-state index contributed by atoms with van der Waals surface area (Å²) in [6, 6.07) is 19.5. The highest BCUT2D eigenvalue weighted by Crippen LogP contribution is 2.29. The number of benzene rings is 2. The summed E-state index contributed by atoms with van der Waals surface area (Å²) in [5, 5.41) is 8.11. The van der Waals surface area contributed by atoms with E-state index in [-0.39, 0.29) is 5.91 Å². The molecule has 0 aliphatic heterocycles. The van der Waals surface area contributed by atoms with Crippen LogP contribution in [0.5, 0.6) is 5.88 Å². The average Bonchev–Trinajstić information content (AvgIpc) is 3.24. The lowest BCUT2D eigenvalue weighted by molar-refractivity contribution is 0.0778. The molecule has 2 aromatic heterocycles. The van der Waals surface area contributed by atoms with Crippen molar-refractivity contribution < 1.29 is 9.53 Å². The number of nitrogens with zero attached hydrogens (tertiary/aromatic N) is 3. The van der Waals surface area contributed by atoms with Gasteiger partial charge in [-0.25, -0.2) is 4.98 Å². The standard InChI is InChI=1S/C23H22N4O2/c1-3-29-22-19(16-8-5-4-6-9-16)12-13-20(25-22)23(28)27(2)15-18-11-7-10-17-14-24-26-21(17)18/h4-14H,3,15H2,1-2H3,(H,24,26). The Morgan fingerprint density at radius 3 is 2.69 bits per heavy atom. The van der Waals surface area contributed by atoms with Crippen LogP contribution in [-0.2, 0) is 6.54 Å². The molecule has 0 atom stereocenters. The van der Waals surface area contributed by atoms with Crippen LogP contribution in [0.15, 0.2) is 66.9 Å². The fraction of sp³-hybridized carbons (Fsp3) is 0.174. The average molecular weight is 386 g/mol. The van der Waals surface area contributed by atoms with Gasteiger partial charge in [0.15, 0.2) is 0 Å². The molecular weight excluding hydrogens is 364 g/mol. The Kier molecular flexibility index (Phi) is 5.24. The molecule has 1 N–H and O–H groups in total. The summed E-state index contributed by atoms with van der Waals surface area (Å²) in [6.07, 6.45) is 1.78. The van der Waals surface area contributed by atoms with E-state index in [9.17, 15) is 4.79 Å². The first-order chi connectivity index (χ1) is 14.2. The molecule has 0 spiro atoms. The second-order valence-corrected chi connectivity index (χ2v) is 6.76. The third kappa shape index (κ3) is 3.82. The molecule has 1 amide bonds. The van der Waals surface area contributed by atoms with Crippen LogP contribution < -0.4 is 4.74 Å². The van der Waals surface area contributed by atoms with Gasteiger partial charge >= 0.3 is 0 Å². The summed E-state index contributed by atoms with van der Waals surface area (Å²) in [4.78, 5) is 19.2. The zero-order valence-corrected chi connectivity index (χ0v) is 16.4. The number of pyridine rings is 1. The van der Waals surface area contributed by atoms with Gasteiger partial charge in [0.1, 0.15) is 5.69 Å². The number of aromatic amines is 1. The third-order valence-corrected chi connectivity index (χ3v) is 4.76. The van der Waals surface area contributed by atoms with E-state index in [4.69, 9.17) is 4.74 Å². The summed E-state index contributed by atoms with van der Waals surface area (Å²) in [5.74, 6) is 0.302. The normalized spacial score (nSPS) is 10.8. The summed E-state index contributed by atoms with van der Waals surface area (Å²) in [7, 11) is 1.77. The zero-order valence-electron chi connectivity index (χ0n) is 16.4. The van der Waals surface area contributed by atoms with Gasteiger partial charge in [-0.05, 0) is 30.2 Å². The van der Waals surface area contributed by atoms with E-state index in [0.29, 0.717) is 24.7 Å². The van der Waals surface area contributed by atoms with Gasteiger partial charge in [0.05, 0.1) is 18.3 Å². The van der Waals surface area contributed by atoms with E-state index >= 15 is 0 Å². The predicted molar refractivity (Wildman–Crippen MR) is 113 cm³/mol. The van der Waals surface area contributed by atoms with Crippen LogP contribution in [0.25, 0.3) is 22.0 Å². The SMILES string of the molecule is CCOc1nc(C(=O)N(C)Cc2cccc3cn[nH]c23)ccc1-c1ccccc1. The molecule has 0 fully saturated rings. The number of aromatic nitrogens is 3. The van der Waals surface area contributed by atoms with Gasteiger partial charge in [-0.2, -0.15) is 5.10 Å². The summed E-state index contributed by atoms with van der Waals surface area (Å²) in [6.45, 7) is 2.83. The van der Waals surface area contributed by atoms with E-state index in [0.717, 1.165) is 27.6 Å². The van der Waals surface area contributed by atoms with Crippen molar-refractivity contribution in [2.45, 2.75) is 13.5 Å². The zero-order chi connectivity index (χ0) is 20.2. The van der Waals surface area contributed by atoms with E-state index in [1.54, 1.807) is 24.2 Å². The number of fused-ring (bicyclic) bond motifs is 1. The van der Waals surface area contributed by atoms with Crippen molar-refractivity contribution in [3.05, 3.63) is 78.1 Å². The minimum atomic E-state index is -0.165. The number of hydrogen-bond acceptors (Lipinski definition) is 4. The van der Waals surface area contributed by atoms with Crippen molar-refractivity contribution in [2.24, 2.45) is 0 Å². The van der Waals surface area contributed by atoms with Crippen LogP contribution in [0.3, 0.4) is 0 Å². The summed E-state index contributed by atoms with van der Waals surface area (Å²) < 4.78 is 5.73. The summed E-state index contributed by atoms with van der Waals surface area (Å²) in [5.41, 5.74) is 4.17. The lowest BCUT2D eigenvalue weighted by Crippen LogP contribution is -2.27. The van der Waals surface area contributed by atoms with Gasteiger partial charge in [-0.15, -0.1) is 0 Å². The highest BCUT2D eigenvalue weighted by Gasteiger charge is 2.18. The van der Waals surface area contributed by atoms with Gasteiger partial charge in [0.25, 0.3) is 5.91 Å². The van der Waals surface area contributed by atoms with E-state index in [2.05, 4.69) is 15.2 Å². The van der Waals surface area contributed by atoms with Crippen molar-refractivity contribution in [1.29, 1.82) is 0 Å². The quantitative estimate of drug-likeness (QED) is 0.536. The summed E-state index contributed by atoms with van der Waals surface area (Å²) >= 11 is 0. The van der Waals surface area contributed by atoms with Crippen LogP contribution in [0, 0.1) is 0 Å². The van der Waals surface area contributed by atoms with Crippen molar-refractivity contribution in [2.75, 3.05) is 13.7 Å². The highest BCUT2D eigenvalue weighted by atomic mass is 16.5. The Morgan fingerprint density at radius 1 is 1.07 bits per heavy atom. The monoisotopic (exact) mass is 386 g/mol. The molecule has 0 bridgehead atoms. The van der Waals surface area contributed by atoms with Crippen LogP contribution in [-0.4, -0.2) is 39.6 Å². The first-order valence-electron chi connectivity index (χ1n) is 9.53. The third-order valence-electron chi connectivity index (χ3n) is 4.76. The number of carbonyl (C=O) groups excluding carboxylic acids is 1. The molecule has 0 radical (unpaired) electrons. The number of para-hydroxylation sites is 1. The Balaban J connectivity index is 1.61. The van der Waals surface area contributed by atoms with Gasteiger partial charge in [-0.3, -0.25) is 9.89 Å². The second-order valence-electron chi connectivity index (χ2n) is 6.76. The molecule has 2 heterocycles. The van der Waals surface area contributed by atoms with Gasteiger partial charge in [0.2, 0.25) is 5.88 Å². The molecule has 0 aliphatic rings. The molecule has 2 aromatic carbocycles. The molecule has 0 saturated heterocycles. The lowest BCUT2D eigenvalue weighted by Gasteiger charge is -2.18. The number of hydrogen-bond donors (Lipinski definition) is 1. The van der Waals surface area contributed by atoms with Crippen LogP contribution in [0.2, 0.25) is 0 Å². The Bertz CT molecular complexity index is 1140. The van der Waals surface area contributed by atoms with Gasteiger partial charge in [0, 0.05) is 24.5 Å². The first kappa shape index (κ1) is 18.7. The molecule has 4 rings (SSSR count). The van der Waals surface area contributed by atoms with Crippen LogP contribution in [0.1, 0.15) is 23.0 Å². The molecule has 4 aromatic rings. The largest absolute Gasteiger partial charge is 0.478 e. The maximum atomic E-state index is 13.0. The topological polar surface area (TPSA) is 71.1 Å². The number of ether oxygens (including phenoxy) is 1. The number of nitrogens with one attached hydrogen (secondary N) is 1. The molecule has 6 heteroatoms.